The van der Waals surface area contributed by atoms with E-state index in [0.29, 0.717) is 6.26 Å². The minimum atomic E-state index is -3.67. The average Bonchev–Trinajstić information content (AvgIpc) is 2.15. The zero-order valence-electron chi connectivity index (χ0n) is 9.34. The van der Waals surface area contributed by atoms with Gasteiger partial charge >= 0.3 is 0 Å². The predicted molar refractivity (Wildman–Crippen MR) is 59.2 cm³/mol. The van der Waals surface area contributed by atoms with Gasteiger partial charge in [-0.25, -0.2) is 4.57 Å². The lowest BCUT2D eigenvalue weighted by Crippen LogP contribution is -2.31. The van der Waals surface area contributed by atoms with E-state index in [4.69, 9.17) is 4.55 Å². The van der Waals surface area contributed by atoms with Crippen molar-refractivity contribution in [3.05, 3.63) is 30.1 Å². The highest BCUT2D eigenvalue weighted by Gasteiger charge is 1.95. The van der Waals surface area contributed by atoms with Crippen LogP contribution in [0.3, 0.4) is 0 Å². The van der Waals surface area contributed by atoms with Crippen LogP contribution in [0.2, 0.25) is 0 Å². The van der Waals surface area contributed by atoms with E-state index in [-0.39, 0.29) is 0 Å². The molecule has 0 aliphatic rings. The first-order chi connectivity index (χ1) is 6.86. The van der Waals surface area contributed by atoms with Crippen LogP contribution in [-0.2, 0) is 23.1 Å². The number of nitrogens with zero attached hydrogens (tertiary/aromatic N) is 1. The molecule has 15 heavy (non-hydrogen) atoms. The second-order valence-electron chi connectivity index (χ2n) is 3.13. The van der Waals surface area contributed by atoms with Crippen LogP contribution in [0.1, 0.15) is 19.4 Å². The average molecular weight is 232 g/mol. The maximum Gasteiger partial charge on any atom is 0.261 e. The molecule has 0 atom stereocenters. The molecule has 0 amide bonds. The van der Waals surface area contributed by atoms with Gasteiger partial charge in [0.05, 0.1) is 6.26 Å². The third kappa shape index (κ3) is 9.37. The SMILES string of the molecule is CCc1ccc[n+](CC)c1.CS(=O)(=O)O. The first-order valence-corrected chi connectivity index (χ1v) is 6.62. The maximum atomic E-state index is 9.19. The summed E-state index contributed by atoms with van der Waals surface area (Å²) in [6.45, 7) is 5.39. The predicted octanol–water partition coefficient (Wildman–Crippen LogP) is 1.06. The minimum Gasteiger partial charge on any atom is -0.286 e. The van der Waals surface area contributed by atoms with Crippen LogP contribution in [0.5, 0.6) is 0 Å². The molecule has 0 aromatic carbocycles. The first kappa shape index (κ1) is 14.1. The number of aromatic nitrogens is 1. The van der Waals surface area contributed by atoms with Crippen molar-refractivity contribution >= 4 is 10.1 Å². The molecule has 1 aromatic rings. The lowest BCUT2D eigenvalue weighted by atomic mass is 10.2. The van der Waals surface area contributed by atoms with Gasteiger partial charge in [-0.1, -0.05) is 6.92 Å². The summed E-state index contributed by atoms with van der Waals surface area (Å²) in [5.74, 6) is 0. The highest BCUT2D eigenvalue weighted by molar-refractivity contribution is 7.85. The monoisotopic (exact) mass is 232 g/mol. The van der Waals surface area contributed by atoms with Crippen molar-refractivity contribution in [2.24, 2.45) is 0 Å². The molecule has 0 saturated heterocycles. The van der Waals surface area contributed by atoms with E-state index in [1.165, 1.54) is 5.56 Å². The summed E-state index contributed by atoms with van der Waals surface area (Å²) in [7, 11) is -3.67. The lowest BCUT2D eigenvalue weighted by molar-refractivity contribution is -0.693. The van der Waals surface area contributed by atoms with E-state index in [0.717, 1.165) is 13.0 Å². The highest BCUT2D eigenvalue weighted by Crippen LogP contribution is 1.93. The fourth-order valence-corrected chi connectivity index (χ4v) is 0.982. The molecule has 0 saturated carbocycles. The van der Waals surface area contributed by atoms with E-state index in [9.17, 15) is 8.42 Å². The van der Waals surface area contributed by atoms with Crippen molar-refractivity contribution in [3.8, 4) is 0 Å². The quantitative estimate of drug-likeness (QED) is 0.612. The topological polar surface area (TPSA) is 58.2 Å². The van der Waals surface area contributed by atoms with Crippen LogP contribution in [0.25, 0.3) is 0 Å². The summed E-state index contributed by atoms with van der Waals surface area (Å²) in [5.41, 5.74) is 1.41. The molecule has 0 radical (unpaired) electrons. The molecule has 1 N–H and O–H groups in total. The molecular formula is C10H18NO3S+. The van der Waals surface area contributed by atoms with Gasteiger partial charge in [0.25, 0.3) is 10.1 Å². The zero-order valence-corrected chi connectivity index (χ0v) is 10.2. The number of hydrogen-bond acceptors (Lipinski definition) is 2. The van der Waals surface area contributed by atoms with E-state index in [1.807, 2.05) is 0 Å². The number of pyridine rings is 1. The Labute approximate surface area is 91.3 Å². The molecule has 0 spiro atoms. The zero-order chi connectivity index (χ0) is 11.9. The smallest absolute Gasteiger partial charge is 0.261 e. The fourth-order valence-electron chi connectivity index (χ4n) is 0.982. The van der Waals surface area contributed by atoms with Crippen molar-refractivity contribution in [2.45, 2.75) is 26.8 Å². The van der Waals surface area contributed by atoms with Gasteiger partial charge in [0.15, 0.2) is 12.4 Å². The summed E-state index contributed by atoms with van der Waals surface area (Å²) >= 11 is 0. The summed E-state index contributed by atoms with van der Waals surface area (Å²) in [5, 5.41) is 0. The van der Waals surface area contributed by atoms with Gasteiger partial charge in [0.2, 0.25) is 0 Å². The minimum absolute atomic E-state index is 0.715. The molecule has 0 aliphatic heterocycles. The van der Waals surface area contributed by atoms with Crippen LogP contribution < -0.4 is 4.57 Å². The Balaban J connectivity index is 0.000000336. The third-order valence-corrected chi connectivity index (χ3v) is 1.69. The molecule has 86 valence electrons. The van der Waals surface area contributed by atoms with Gasteiger partial charge in [0, 0.05) is 11.6 Å². The normalized spacial score (nSPS) is 10.4. The van der Waals surface area contributed by atoms with E-state index in [2.05, 4.69) is 42.9 Å². The molecular weight excluding hydrogens is 214 g/mol. The summed E-state index contributed by atoms with van der Waals surface area (Å²) in [6.07, 6.45) is 6.13. The largest absolute Gasteiger partial charge is 0.286 e. The van der Waals surface area contributed by atoms with Crippen LogP contribution in [0.4, 0.5) is 0 Å². The highest BCUT2D eigenvalue weighted by atomic mass is 32.2. The van der Waals surface area contributed by atoms with Crippen molar-refractivity contribution in [2.75, 3.05) is 6.26 Å². The molecule has 1 heterocycles. The second-order valence-corrected chi connectivity index (χ2v) is 4.60. The van der Waals surface area contributed by atoms with Crippen molar-refractivity contribution in [1.29, 1.82) is 0 Å². The fraction of sp³-hybridized carbons (Fsp3) is 0.500. The van der Waals surface area contributed by atoms with Gasteiger partial charge in [-0.15, -0.1) is 0 Å². The molecule has 1 rings (SSSR count). The summed E-state index contributed by atoms with van der Waals surface area (Å²) in [6, 6.07) is 4.26. The Hall–Kier alpha value is -0.940. The van der Waals surface area contributed by atoms with Gasteiger partial charge in [-0.05, 0) is 19.4 Å². The first-order valence-electron chi connectivity index (χ1n) is 4.77. The Bertz CT molecular complexity index is 360. The summed E-state index contributed by atoms with van der Waals surface area (Å²) < 4.78 is 28.1. The van der Waals surface area contributed by atoms with Crippen LogP contribution >= 0.6 is 0 Å². The Morgan fingerprint density at radius 2 is 1.93 bits per heavy atom. The molecule has 5 heteroatoms. The molecule has 0 bridgehead atoms. The standard InChI is InChI=1S/C9H14N.CH4O3S/c1-3-9-6-5-7-10(4-2)8-9;1-5(2,3)4/h5-8H,3-4H2,1-2H3;1H3,(H,2,3,4)/q+1;. The number of aryl methyl sites for hydroxylation is 2. The summed E-state index contributed by atoms with van der Waals surface area (Å²) in [4.78, 5) is 0. The maximum absolute atomic E-state index is 9.19. The van der Waals surface area contributed by atoms with Crippen LogP contribution in [-0.4, -0.2) is 19.2 Å². The number of rotatable bonds is 2. The van der Waals surface area contributed by atoms with Gasteiger partial charge in [0.1, 0.15) is 6.54 Å². The number of hydrogen-bond donors (Lipinski definition) is 1. The van der Waals surface area contributed by atoms with E-state index in [1.54, 1.807) is 0 Å². The molecule has 1 aromatic heterocycles. The molecule has 0 aliphatic carbocycles. The van der Waals surface area contributed by atoms with E-state index < -0.39 is 10.1 Å². The lowest BCUT2D eigenvalue weighted by Gasteiger charge is -1.93. The molecule has 4 nitrogen and oxygen atoms in total. The Morgan fingerprint density at radius 3 is 2.33 bits per heavy atom. The third-order valence-electron chi connectivity index (χ3n) is 1.69. The van der Waals surface area contributed by atoms with Crippen molar-refractivity contribution in [3.63, 3.8) is 0 Å². The van der Waals surface area contributed by atoms with Gasteiger partial charge < -0.3 is 0 Å². The van der Waals surface area contributed by atoms with Crippen molar-refractivity contribution < 1.29 is 17.5 Å². The molecule has 0 unspecified atom stereocenters. The second kappa shape index (κ2) is 6.53. The van der Waals surface area contributed by atoms with Crippen LogP contribution in [0, 0.1) is 0 Å². The van der Waals surface area contributed by atoms with Crippen LogP contribution in [0.15, 0.2) is 24.5 Å². The Kier molecular flexibility index (Phi) is 6.12. The molecule has 0 fully saturated rings. The van der Waals surface area contributed by atoms with Gasteiger partial charge in [-0.2, -0.15) is 8.42 Å². The Morgan fingerprint density at radius 1 is 1.40 bits per heavy atom. The van der Waals surface area contributed by atoms with Crippen molar-refractivity contribution in [1.82, 2.24) is 0 Å². The van der Waals surface area contributed by atoms with E-state index >= 15 is 0 Å². The van der Waals surface area contributed by atoms with Gasteiger partial charge in [-0.3, -0.25) is 4.55 Å².